The maximum absolute atomic E-state index is 11.1. The first-order chi connectivity index (χ1) is 8.06. The van der Waals surface area contributed by atoms with E-state index in [1.807, 2.05) is 31.2 Å². The first-order valence-corrected chi connectivity index (χ1v) is 6.47. The third-order valence-corrected chi connectivity index (χ3v) is 3.85. The van der Waals surface area contributed by atoms with Crippen LogP contribution in [-0.2, 0) is 11.2 Å². The maximum atomic E-state index is 11.1. The number of hydrogen-bond donors (Lipinski definition) is 0. The molecule has 0 aliphatic carbocycles. The van der Waals surface area contributed by atoms with Crippen LogP contribution in [0.2, 0.25) is 5.02 Å². The Balaban J connectivity index is 2.34. The summed E-state index contributed by atoms with van der Waals surface area (Å²) in [5, 5.41) is 1.65. The van der Waals surface area contributed by atoms with Gasteiger partial charge in [0.25, 0.3) is 0 Å². The summed E-state index contributed by atoms with van der Waals surface area (Å²) >= 11 is 7.41. The van der Waals surface area contributed by atoms with Gasteiger partial charge in [-0.2, -0.15) is 0 Å². The van der Waals surface area contributed by atoms with Crippen LogP contribution in [0.25, 0.3) is 10.6 Å². The van der Waals surface area contributed by atoms with Gasteiger partial charge in [0.1, 0.15) is 10.8 Å². The number of benzene rings is 1. The number of carbonyl (C=O) groups is 1. The summed E-state index contributed by atoms with van der Waals surface area (Å²) in [5.41, 5.74) is 1.98. The molecule has 4 heteroatoms. The van der Waals surface area contributed by atoms with Gasteiger partial charge in [-0.25, -0.2) is 4.98 Å². The number of thiazole rings is 1. The first kappa shape index (κ1) is 12.3. The molecular weight excluding hydrogens is 254 g/mol. The highest BCUT2D eigenvalue weighted by Gasteiger charge is 2.10. The molecular formula is C13H12ClNOS. The van der Waals surface area contributed by atoms with Crippen LogP contribution in [0.3, 0.4) is 0 Å². The number of halogens is 1. The Morgan fingerprint density at radius 1 is 1.35 bits per heavy atom. The minimum Gasteiger partial charge on any atom is -0.300 e. The van der Waals surface area contributed by atoms with E-state index >= 15 is 0 Å². The lowest BCUT2D eigenvalue weighted by molar-refractivity contribution is -0.116. The van der Waals surface area contributed by atoms with Crippen molar-refractivity contribution in [3.05, 3.63) is 39.9 Å². The Kier molecular flexibility index (Phi) is 3.60. The summed E-state index contributed by atoms with van der Waals surface area (Å²) in [4.78, 5) is 16.6. The minimum atomic E-state index is 0.166. The summed E-state index contributed by atoms with van der Waals surface area (Å²) in [6.07, 6.45) is 0.469. The van der Waals surface area contributed by atoms with Gasteiger partial charge in [0, 0.05) is 21.9 Å². The molecule has 0 bridgehead atoms. The van der Waals surface area contributed by atoms with E-state index < -0.39 is 0 Å². The number of Topliss-reactive ketones (excluding diaryl/α,β-unsaturated/α-hetero) is 1. The van der Waals surface area contributed by atoms with Crippen LogP contribution in [0.1, 0.15) is 17.5 Å². The number of nitrogens with zero attached hydrogens (tertiary/aromatic N) is 1. The van der Waals surface area contributed by atoms with Gasteiger partial charge in [0.2, 0.25) is 0 Å². The number of aryl methyl sites for hydroxylation is 1. The average molecular weight is 266 g/mol. The molecule has 0 aliphatic rings. The van der Waals surface area contributed by atoms with Crippen molar-refractivity contribution >= 4 is 28.7 Å². The number of rotatable bonds is 3. The second-order valence-electron chi connectivity index (χ2n) is 3.91. The van der Waals surface area contributed by atoms with E-state index in [1.54, 1.807) is 18.3 Å². The van der Waals surface area contributed by atoms with Crippen LogP contribution in [0.15, 0.2) is 24.3 Å². The zero-order valence-corrected chi connectivity index (χ0v) is 11.2. The molecule has 0 spiro atoms. The van der Waals surface area contributed by atoms with Gasteiger partial charge in [-0.3, -0.25) is 4.79 Å². The molecule has 1 aromatic carbocycles. The summed E-state index contributed by atoms with van der Waals surface area (Å²) < 4.78 is 0. The fourth-order valence-electron chi connectivity index (χ4n) is 1.53. The largest absolute Gasteiger partial charge is 0.300 e. The molecule has 17 heavy (non-hydrogen) atoms. The van der Waals surface area contributed by atoms with Gasteiger partial charge >= 0.3 is 0 Å². The molecule has 2 aromatic rings. The molecule has 1 heterocycles. The summed E-state index contributed by atoms with van der Waals surface area (Å²) in [6, 6.07) is 7.58. The molecule has 0 saturated heterocycles. The Labute approximate surface area is 109 Å². The molecule has 0 saturated carbocycles. The molecule has 0 radical (unpaired) electrons. The predicted octanol–water partition coefficient (Wildman–Crippen LogP) is 3.90. The topological polar surface area (TPSA) is 30.0 Å². The van der Waals surface area contributed by atoms with E-state index in [1.165, 1.54) is 0 Å². The Bertz CT molecular complexity index is 545. The van der Waals surface area contributed by atoms with Crippen molar-refractivity contribution in [2.24, 2.45) is 0 Å². The third kappa shape index (κ3) is 2.93. The maximum Gasteiger partial charge on any atom is 0.135 e. The van der Waals surface area contributed by atoms with Crippen LogP contribution in [0.5, 0.6) is 0 Å². The molecule has 0 fully saturated rings. The zero-order chi connectivity index (χ0) is 12.4. The average Bonchev–Trinajstić information content (AvgIpc) is 2.60. The molecule has 88 valence electrons. The van der Waals surface area contributed by atoms with Crippen molar-refractivity contribution in [2.45, 2.75) is 20.3 Å². The molecule has 2 rings (SSSR count). The van der Waals surface area contributed by atoms with Gasteiger partial charge in [0.05, 0.1) is 5.69 Å². The summed E-state index contributed by atoms with van der Waals surface area (Å²) in [6.45, 7) is 3.54. The number of hydrogen-bond acceptors (Lipinski definition) is 3. The highest BCUT2D eigenvalue weighted by Crippen LogP contribution is 2.29. The Morgan fingerprint density at radius 2 is 2.00 bits per heavy atom. The van der Waals surface area contributed by atoms with E-state index in [0.717, 1.165) is 21.1 Å². The van der Waals surface area contributed by atoms with Gasteiger partial charge in [-0.1, -0.05) is 23.7 Å². The molecule has 0 amide bonds. The van der Waals surface area contributed by atoms with Gasteiger partial charge in [-0.05, 0) is 26.0 Å². The molecule has 0 unspecified atom stereocenters. The number of ketones is 1. The highest BCUT2D eigenvalue weighted by atomic mass is 35.5. The predicted molar refractivity (Wildman–Crippen MR) is 71.7 cm³/mol. The van der Waals surface area contributed by atoms with Crippen molar-refractivity contribution < 1.29 is 4.79 Å². The second-order valence-corrected chi connectivity index (χ2v) is 5.43. The van der Waals surface area contributed by atoms with E-state index in [9.17, 15) is 4.79 Å². The molecule has 0 atom stereocenters. The summed E-state index contributed by atoms with van der Waals surface area (Å²) in [7, 11) is 0. The SMILES string of the molecule is CC(=O)Cc1sc(-c2ccc(Cl)cc2)nc1C. The quantitative estimate of drug-likeness (QED) is 0.842. The van der Waals surface area contributed by atoms with E-state index in [0.29, 0.717) is 11.4 Å². The Morgan fingerprint density at radius 3 is 2.59 bits per heavy atom. The lowest BCUT2D eigenvalue weighted by atomic mass is 10.2. The van der Waals surface area contributed by atoms with Crippen LogP contribution in [0, 0.1) is 6.92 Å². The lowest BCUT2D eigenvalue weighted by Gasteiger charge is -1.95. The third-order valence-electron chi connectivity index (χ3n) is 2.39. The highest BCUT2D eigenvalue weighted by molar-refractivity contribution is 7.15. The fourth-order valence-corrected chi connectivity index (χ4v) is 2.80. The summed E-state index contributed by atoms with van der Waals surface area (Å²) in [5.74, 6) is 0.166. The minimum absolute atomic E-state index is 0.166. The number of aromatic nitrogens is 1. The van der Waals surface area contributed by atoms with Crippen molar-refractivity contribution in [1.82, 2.24) is 4.98 Å². The zero-order valence-electron chi connectivity index (χ0n) is 9.66. The van der Waals surface area contributed by atoms with Crippen molar-refractivity contribution in [3.63, 3.8) is 0 Å². The van der Waals surface area contributed by atoms with Gasteiger partial charge < -0.3 is 0 Å². The molecule has 1 aromatic heterocycles. The van der Waals surface area contributed by atoms with Gasteiger partial charge in [0.15, 0.2) is 0 Å². The van der Waals surface area contributed by atoms with E-state index in [-0.39, 0.29) is 5.78 Å². The standard InChI is InChI=1S/C13H12ClNOS/c1-8(16)7-12-9(2)15-13(17-12)10-3-5-11(14)6-4-10/h3-6H,7H2,1-2H3. The van der Waals surface area contributed by atoms with Crippen molar-refractivity contribution in [3.8, 4) is 10.6 Å². The van der Waals surface area contributed by atoms with Crippen LogP contribution in [0.4, 0.5) is 0 Å². The monoisotopic (exact) mass is 265 g/mol. The normalized spacial score (nSPS) is 10.5. The smallest absolute Gasteiger partial charge is 0.135 e. The van der Waals surface area contributed by atoms with Gasteiger partial charge in [-0.15, -0.1) is 11.3 Å². The molecule has 2 nitrogen and oxygen atoms in total. The lowest BCUT2D eigenvalue weighted by Crippen LogP contribution is -1.94. The fraction of sp³-hybridized carbons (Fsp3) is 0.231. The molecule has 0 aliphatic heterocycles. The second kappa shape index (κ2) is 4.98. The van der Waals surface area contributed by atoms with Crippen molar-refractivity contribution in [2.75, 3.05) is 0 Å². The van der Waals surface area contributed by atoms with Crippen LogP contribution in [-0.4, -0.2) is 10.8 Å². The van der Waals surface area contributed by atoms with Crippen molar-refractivity contribution in [1.29, 1.82) is 0 Å². The first-order valence-electron chi connectivity index (χ1n) is 5.28. The van der Waals surface area contributed by atoms with E-state index in [2.05, 4.69) is 4.98 Å². The number of carbonyl (C=O) groups excluding carboxylic acids is 1. The molecule has 0 N–H and O–H groups in total. The van der Waals surface area contributed by atoms with Crippen LogP contribution >= 0.6 is 22.9 Å². The van der Waals surface area contributed by atoms with E-state index in [4.69, 9.17) is 11.6 Å². The Hall–Kier alpha value is -1.19. The van der Waals surface area contributed by atoms with Crippen LogP contribution < -0.4 is 0 Å².